The molecule has 0 saturated heterocycles. The van der Waals surface area contributed by atoms with E-state index in [2.05, 4.69) is 22.2 Å². The Labute approximate surface area is 117 Å². The van der Waals surface area contributed by atoms with Gasteiger partial charge in [-0.3, -0.25) is 0 Å². The molecule has 1 heterocycles. The van der Waals surface area contributed by atoms with Gasteiger partial charge in [-0.15, -0.1) is 0 Å². The molecule has 1 aromatic heterocycles. The number of hydrogen-bond donors (Lipinski definition) is 1. The van der Waals surface area contributed by atoms with Crippen LogP contribution in [0.15, 0.2) is 24.5 Å². The Morgan fingerprint density at radius 3 is 2.79 bits per heavy atom. The van der Waals surface area contributed by atoms with Crippen molar-refractivity contribution in [3.63, 3.8) is 0 Å². The fourth-order valence-electron chi connectivity index (χ4n) is 1.79. The second-order valence-electron chi connectivity index (χ2n) is 4.11. The maximum Gasteiger partial charge on any atom is 0.227 e. The van der Waals surface area contributed by atoms with Crippen LogP contribution in [0.2, 0.25) is 5.02 Å². The maximum absolute atomic E-state index is 6.09. The van der Waals surface area contributed by atoms with Crippen molar-refractivity contribution in [2.24, 2.45) is 0 Å². The zero-order valence-corrected chi connectivity index (χ0v) is 12.0. The largest absolute Gasteiger partial charge is 0.439 e. The molecule has 0 radical (unpaired) electrons. The van der Waals surface area contributed by atoms with Crippen molar-refractivity contribution in [2.75, 3.05) is 12.4 Å². The summed E-state index contributed by atoms with van der Waals surface area (Å²) in [5.41, 5.74) is 1.93. The number of aromatic nitrogens is 2. The summed E-state index contributed by atoms with van der Waals surface area (Å²) in [6, 6.07) is 5.61. The van der Waals surface area contributed by atoms with Crippen LogP contribution in [-0.4, -0.2) is 17.0 Å². The highest BCUT2D eigenvalue weighted by molar-refractivity contribution is 6.31. The minimum absolute atomic E-state index is 0.545. The van der Waals surface area contributed by atoms with Crippen LogP contribution in [0.25, 0.3) is 0 Å². The van der Waals surface area contributed by atoms with E-state index in [4.69, 9.17) is 16.3 Å². The first kappa shape index (κ1) is 13.6. The molecule has 0 unspecified atom stereocenters. The van der Waals surface area contributed by atoms with Crippen molar-refractivity contribution >= 4 is 17.4 Å². The van der Waals surface area contributed by atoms with E-state index in [-0.39, 0.29) is 0 Å². The van der Waals surface area contributed by atoms with Gasteiger partial charge in [0, 0.05) is 12.1 Å². The van der Waals surface area contributed by atoms with Gasteiger partial charge in [0.15, 0.2) is 0 Å². The number of aryl methyl sites for hydroxylation is 1. The third-order valence-corrected chi connectivity index (χ3v) is 3.26. The van der Waals surface area contributed by atoms with Crippen molar-refractivity contribution < 1.29 is 4.74 Å². The smallest absolute Gasteiger partial charge is 0.227 e. The Hall–Kier alpha value is -1.81. The van der Waals surface area contributed by atoms with Crippen LogP contribution >= 0.6 is 11.6 Å². The molecular formula is C14H16ClN3O. The Bertz CT molecular complexity index is 587. The summed E-state index contributed by atoms with van der Waals surface area (Å²) in [7, 11) is 1.82. The van der Waals surface area contributed by atoms with Crippen LogP contribution in [0, 0.1) is 6.92 Å². The molecule has 0 aliphatic carbocycles. The average molecular weight is 278 g/mol. The molecule has 1 N–H and O–H groups in total. The maximum atomic E-state index is 6.09. The fraction of sp³-hybridized carbons (Fsp3) is 0.286. The summed E-state index contributed by atoms with van der Waals surface area (Å²) in [6.45, 7) is 3.97. The molecule has 1 aromatic carbocycles. The zero-order valence-electron chi connectivity index (χ0n) is 11.2. The van der Waals surface area contributed by atoms with Gasteiger partial charge in [0.1, 0.15) is 17.9 Å². The van der Waals surface area contributed by atoms with Gasteiger partial charge in [0.05, 0.1) is 5.56 Å². The molecule has 2 rings (SSSR count). The average Bonchev–Trinajstić information content (AvgIpc) is 2.43. The highest BCUT2D eigenvalue weighted by Crippen LogP contribution is 2.28. The highest BCUT2D eigenvalue weighted by atomic mass is 35.5. The molecule has 0 aliphatic rings. The van der Waals surface area contributed by atoms with Gasteiger partial charge in [-0.25, -0.2) is 9.97 Å². The second-order valence-corrected chi connectivity index (χ2v) is 4.52. The lowest BCUT2D eigenvalue weighted by atomic mass is 10.1. The number of nitrogens with one attached hydrogen (secondary N) is 1. The van der Waals surface area contributed by atoms with E-state index in [1.165, 1.54) is 6.33 Å². The Balaban J connectivity index is 2.31. The minimum Gasteiger partial charge on any atom is -0.439 e. The molecular weight excluding hydrogens is 262 g/mol. The van der Waals surface area contributed by atoms with Crippen LogP contribution in [0.3, 0.4) is 0 Å². The first-order valence-corrected chi connectivity index (χ1v) is 6.49. The lowest BCUT2D eigenvalue weighted by Crippen LogP contribution is -2.00. The van der Waals surface area contributed by atoms with Crippen LogP contribution in [0.5, 0.6) is 11.6 Å². The summed E-state index contributed by atoms with van der Waals surface area (Å²) in [5.74, 6) is 2.03. The van der Waals surface area contributed by atoms with Crippen molar-refractivity contribution in [2.45, 2.75) is 20.3 Å². The van der Waals surface area contributed by atoms with E-state index in [1.54, 1.807) is 0 Å². The minimum atomic E-state index is 0.545. The van der Waals surface area contributed by atoms with Gasteiger partial charge in [-0.05, 0) is 37.1 Å². The predicted molar refractivity (Wildman–Crippen MR) is 77.2 cm³/mol. The molecule has 0 saturated carbocycles. The van der Waals surface area contributed by atoms with Gasteiger partial charge < -0.3 is 10.1 Å². The Morgan fingerprint density at radius 2 is 2.11 bits per heavy atom. The summed E-state index contributed by atoms with van der Waals surface area (Å²) in [5, 5.41) is 3.76. The van der Waals surface area contributed by atoms with Gasteiger partial charge >= 0.3 is 0 Å². The Kier molecular flexibility index (Phi) is 4.22. The normalized spacial score (nSPS) is 10.3. The topological polar surface area (TPSA) is 47.0 Å². The number of rotatable bonds is 4. The summed E-state index contributed by atoms with van der Waals surface area (Å²) in [4.78, 5) is 8.28. The van der Waals surface area contributed by atoms with Crippen molar-refractivity contribution in [1.82, 2.24) is 9.97 Å². The van der Waals surface area contributed by atoms with E-state index >= 15 is 0 Å². The highest BCUT2D eigenvalue weighted by Gasteiger charge is 2.09. The summed E-state index contributed by atoms with van der Waals surface area (Å²) < 4.78 is 5.80. The van der Waals surface area contributed by atoms with Gasteiger partial charge in [0.25, 0.3) is 0 Å². The Morgan fingerprint density at radius 1 is 1.32 bits per heavy atom. The third-order valence-electron chi connectivity index (χ3n) is 2.89. The molecule has 0 bridgehead atoms. The van der Waals surface area contributed by atoms with E-state index < -0.39 is 0 Å². The molecule has 5 heteroatoms. The quantitative estimate of drug-likeness (QED) is 0.922. The van der Waals surface area contributed by atoms with E-state index in [9.17, 15) is 0 Å². The first-order chi connectivity index (χ1) is 9.15. The number of hydrogen-bond acceptors (Lipinski definition) is 4. The van der Waals surface area contributed by atoms with E-state index in [0.717, 1.165) is 34.1 Å². The monoisotopic (exact) mass is 277 g/mol. The van der Waals surface area contributed by atoms with Crippen LogP contribution in [0.4, 0.5) is 5.82 Å². The standard InChI is InChI=1S/C14H16ClN3O/c1-4-10-7-11(5-6-12(10)15)19-14-9(2)13(16-3)17-8-18-14/h5-8H,4H2,1-3H3,(H,16,17,18). The van der Waals surface area contributed by atoms with E-state index in [0.29, 0.717) is 5.88 Å². The molecule has 2 aromatic rings. The molecule has 0 aliphatic heterocycles. The van der Waals surface area contributed by atoms with Crippen molar-refractivity contribution in [3.05, 3.63) is 40.7 Å². The van der Waals surface area contributed by atoms with Crippen LogP contribution in [0.1, 0.15) is 18.1 Å². The molecule has 4 nitrogen and oxygen atoms in total. The third kappa shape index (κ3) is 2.96. The molecule has 0 amide bonds. The number of halogens is 1. The number of benzene rings is 1. The lowest BCUT2D eigenvalue weighted by molar-refractivity contribution is 0.457. The molecule has 100 valence electrons. The van der Waals surface area contributed by atoms with Gasteiger partial charge in [-0.2, -0.15) is 0 Å². The number of anilines is 1. The molecule has 19 heavy (non-hydrogen) atoms. The summed E-state index contributed by atoms with van der Waals surface area (Å²) in [6.07, 6.45) is 2.34. The predicted octanol–water partition coefficient (Wildman–Crippen LogP) is 3.83. The SMILES string of the molecule is CCc1cc(Oc2ncnc(NC)c2C)ccc1Cl. The van der Waals surface area contributed by atoms with Crippen molar-refractivity contribution in [1.29, 1.82) is 0 Å². The zero-order chi connectivity index (χ0) is 13.8. The second kappa shape index (κ2) is 5.89. The van der Waals surface area contributed by atoms with Crippen molar-refractivity contribution in [3.8, 4) is 11.6 Å². The first-order valence-electron chi connectivity index (χ1n) is 6.11. The van der Waals surface area contributed by atoms with Crippen LogP contribution in [-0.2, 0) is 6.42 Å². The van der Waals surface area contributed by atoms with Gasteiger partial charge in [0.2, 0.25) is 5.88 Å². The van der Waals surface area contributed by atoms with Gasteiger partial charge in [-0.1, -0.05) is 18.5 Å². The molecule has 0 spiro atoms. The summed E-state index contributed by atoms with van der Waals surface area (Å²) >= 11 is 6.09. The number of ether oxygens (including phenoxy) is 1. The lowest BCUT2D eigenvalue weighted by Gasteiger charge is -2.11. The van der Waals surface area contributed by atoms with Crippen LogP contribution < -0.4 is 10.1 Å². The molecule has 0 atom stereocenters. The van der Waals surface area contributed by atoms with E-state index in [1.807, 2.05) is 32.2 Å². The molecule has 0 fully saturated rings. The number of nitrogens with zero attached hydrogens (tertiary/aromatic N) is 2. The fourth-order valence-corrected chi connectivity index (χ4v) is 2.04.